The standard InChI is InChI=1S/C18H15O4P.C10H15NO2S/c19-23(20-16-10-4-1-5-11-16,21-17-12-6-2-7-13-17)22-18-14-8-3-9-15-18;1-2-3-6-9-7-4-5-8-10(9)14(11,12)13/h1-15H;4-5,7-8H,2-3,6H2,1H3,(H2,11,12,13). The molecule has 0 unspecified atom stereocenters. The van der Waals surface area contributed by atoms with E-state index in [-0.39, 0.29) is 4.90 Å². The van der Waals surface area contributed by atoms with Crippen molar-refractivity contribution in [2.24, 2.45) is 5.14 Å². The van der Waals surface area contributed by atoms with Gasteiger partial charge in [-0.15, -0.1) is 0 Å². The summed E-state index contributed by atoms with van der Waals surface area (Å²) in [5.41, 5.74) is 0.817. The zero-order chi connectivity index (χ0) is 26.6. The first-order valence-electron chi connectivity index (χ1n) is 11.7. The van der Waals surface area contributed by atoms with Gasteiger partial charge in [-0.3, -0.25) is 0 Å². The van der Waals surface area contributed by atoms with Crippen molar-refractivity contribution in [3.05, 3.63) is 121 Å². The Labute approximate surface area is 218 Å². The first kappa shape index (κ1) is 28.0. The summed E-state index contributed by atoms with van der Waals surface area (Å²) >= 11 is 0. The summed E-state index contributed by atoms with van der Waals surface area (Å²) in [4.78, 5) is 0.258. The number of phosphoric acid groups is 1. The van der Waals surface area contributed by atoms with E-state index >= 15 is 0 Å². The second-order valence-corrected chi connectivity index (χ2v) is 10.9. The number of aryl methyl sites for hydroxylation is 1. The minimum absolute atomic E-state index is 0.258. The quantitative estimate of drug-likeness (QED) is 0.217. The fourth-order valence-corrected chi connectivity index (χ4v) is 5.30. The Kier molecular flexibility index (Phi) is 10.3. The van der Waals surface area contributed by atoms with Crippen molar-refractivity contribution >= 4 is 17.8 Å². The molecule has 0 aliphatic heterocycles. The van der Waals surface area contributed by atoms with Crippen molar-refractivity contribution in [1.29, 1.82) is 0 Å². The van der Waals surface area contributed by atoms with Crippen LogP contribution in [0.15, 0.2) is 120 Å². The van der Waals surface area contributed by atoms with Gasteiger partial charge in [0.2, 0.25) is 10.0 Å². The van der Waals surface area contributed by atoms with E-state index in [1.807, 2.05) is 30.3 Å². The van der Waals surface area contributed by atoms with Gasteiger partial charge in [0.1, 0.15) is 17.2 Å². The SMILES string of the molecule is CCCCc1ccccc1S(N)(=O)=O.O=P(Oc1ccccc1)(Oc1ccccc1)Oc1ccccc1. The van der Waals surface area contributed by atoms with E-state index in [0.29, 0.717) is 17.2 Å². The molecule has 2 N–H and O–H groups in total. The maximum atomic E-state index is 13.1. The van der Waals surface area contributed by atoms with Crippen LogP contribution in [-0.4, -0.2) is 8.42 Å². The summed E-state index contributed by atoms with van der Waals surface area (Å²) in [5.74, 6) is 1.22. The van der Waals surface area contributed by atoms with Crippen LogP contribution in [0.3, 0.4) is 0 Å². The van der Waals surface area contributed by atoms with Crippen molar-refractivity contribution in [3.8, 4) is 17.2 Å². The number of rotatable bonds is 10. The van der Waals surface area contributed by atoms with Gasteiger partial charge in [0, 0.05) is 0 Å². The molecule has 0 fully saturated rings. The number of nitrogens with two attached hydrogens (primary N) is 1. The van der Waals surface area contributed by atoms with Crippen molar-refractivity contribution in [2.45, 2.75) is 31.1 Å². The zero-order valence-corrected chi connectivity index (χ0v) is 22.2. The predicted octanol–water partition coefficient (Wildman–Crippen LogP) is 7.01. The van der Waals surface area contributed by atoms with E-state index < -0.39 is 17.8 Å². The lowest BCUT2D eigenvalue weighted by atomic mass is 10.1. The number of primary sulfonamides is 1. The van der Waals surface area contributed by atoms with Crippen molar-refractivity contribution in [2.75, 3.05) is 0 Å². The first-order valence-corrected chi connectivity index (χ1v) is 14.7. The highest BCUT2D eigenvalue weighted by Gasteiger charge is 2.33. The van der Waals surface area contributed by atoms with Gasteiger partial charge in [0.15, 0.2) is 0 Å². The number of phosphoric ester groups is 1. The van der Waals surface area contributed by atoms with Crippen molar-refractivity contribution < 1.29 is 26.6 Å². The van der Waals surface area contributed by atoms with E-state index in [2.05, 4.69) is 6.92 Å². The molecule has 0 heterocycles. The smallest absolute Gasteiger partial charge is 0.386 e. The molecular formula is C28H30NO6PS. The molecule has 0 aliphatic rings. The molecular weight excluding hydrogens is 509 g/mol. The third kappa shape index (κ3) is 9.42. The Hall–Kier alpha value is -3.58. The minimum Gasteiger partial charge on any atom is -0.386 e. The van der Waals surface area contributed by atoms with Crippen molar-refractivity contribution in [1.82, 2.24) is 0 Å². The molecule has 0 saturated carbocycles. The molecule has 4 aromatic rings. The largest absolute Gasteiger partial charge is 0.647 e. The molecule has 0 aromatic heterocycles. The molecule has 0 radical (unpaired) electrons. The highest BCUT2D eigenvalue weighted by Crippen LogP contribution is 2.49. The lowest BCUT2D eigenvalue weighted by Gasteiger charge is -2.19. The highest BCUT2D eigenvalue weighted by molar-refractivity contribution is 7.89. The molecule has 4 rings (SSSR count). The van der Waals surface area contributed by atoms with Gasteiger partial charge in [-0.1, -0.05) is 86.1 Å². The number of para-hydroxylation sites is 3. The average molecular weight is 540 g/mol. The number of benzene rings is 4. The van der Waals surface area contributed by atoms with Gasteiger partial charge in [0.25, 0.3) is 0 Å². The molecule has 194 valence electrons. The summed E-state index contributed by atoms with van der Waals surface area (Å²) in [5, 5.41) is 5.10. The second kappa shape index (κ2) is 13.7. The van der Waals surface area contributed by atoms with Gasteiger partial charge in [-0.05, 0) is 60.9 Å². The molecule has 4 aromatic carbocycles. The fourth-order valence-electron chi connectivity index (χ4n) is 3.24. The molecule has 37 heavy (non-hydrogen) atoms. The molecule has 7 nitrogen and oxygen atoms in total. The lowest BCUT2D eigenvalue weighted by molar-refractivity contribution is 0.298. The summed E-state index contributed by atoms with van der Waals surface area (Å²) in [6.07, 6.45) is 2.79. The monoisotopic (exact) mass is 539 g/mol. The van der Waals surface area contributed by atoms with Crippen LogP contribution in [0.5, 0.6) is 17.2 Å². The maximum absolute atomic E-state index is 13.1. The topological polar surface area (TPSA) is 105 Å². The zero-order valence-electron chi connectivity index (χ0n) is 20.5. The molecule has 0 atom stereocenters. The van der Waals surface area contributed by atoms with Crippen molar-refractivity contribution in [3.63, 3.8) is 0 Å². The number of hydrogen-bond acceptors (Lipinski definition) is 6. The second-order valence-electron chi connectivity index (χ2n) is 7.92. The summed E-state index contributed by atoms with van der Waals surface area (Å²) in [6, 6.07) is 33.3. The van der Waals surface area contributed by atoms with Crippen LogP contribution in [0.25, 0.3) is 0 Å². The number of hydrogen-bond donors (Lipinski definition) is 1. The van der Waals surface area contributed by atoms with Gasteiger partial charge < -0.3 is 13.6 Å². The van der Waals surface area contributed by atoms with Crippen LogP contribution in [0.1, 0.15) is 25.3 Å². The Morgan fingerprint density at radius 2 is 1.03 bits per heavy atom. The highest BCUT2D eigenvalue weighted by atomic mass is 32.2. The van der Waals surface area contributed by atoms with Crippen LogP contribution in [-0.2, 0) is 21.0 Å². The van der Waals surface area contributed by atoms with Gasteiger partial charge in [-0.2, -0.15) is 4.57 Å². The molecule has 0 aliphatic carbocycles. The Balaban J connectivity index is 0.000000233. The first-order chi connectivity index (χ1) is 17.8. The summed E-state index contributed by atoms with van der Waals surface area (Å²) in [6.45, 7) is 2.07. The van der Waals surface area contributed by atoms with E-state index in [4.69, 9.17) is 18.7 Å². The van der Waals surface area contributed by atoms with E-state index in [0.717, 1.165) is 24.8 Å². The maximum Gasteiger partial charge on any atom is 0.647 e. The predicted molar refractivity (Wildman–Crippen MR) is 145 cm³/mol. The Morgan fingerprint density at radius 1 is 0.649 bits per heavy atom. The van der Waals surface area contributed by atoms with Crippen LogP contribution < -0.4 is 18.7 Å². The van der Waals surface area contributed by atoms with Gasteiger partial charge in [0.05, 0.1) is 4.90 Å². The molecule has 9 heteroatoms. The molecule has 0 bridgehead atoms. The third-order valence-corrected chi connectivity index (χ3v) is 7.27. The van der Waals surface area contributed by atoms with E-state index in [9.17, 15) is 13.0 Å². The van der Waals surface area contributed by atoms with Gasteiger partial charge >= 0.3 is 7.82 Å². The van der Waals surface area contributed by atoms with Crippen LogP contribution in [0, 0.1) is 0 Å². The minimum atomic E-state index is -3.89. The molecule has 0 saturated heterocycles. The van der Waals surface area contributed by atoms with Gasteiger partial charge in [-0.25, -0.2) is 13.6 Å². The van der Waals surface area contributed by atoms with E-state index in [1.165, 1.54) is 0 Å². The number of sulfonamides is 1. The van der Waals surface area contributed by atoms with Crippen LogP contribution in [0.2, 0.25) is 0 Å². The third-order valence-electron chi connectivity index (χ3n) is 4.96. The van der Waals surface area contributed by atoms with E-state index in [1.54, 1.807) is 84.9 Å². The normalized spacial score (nSPS) is 11.1. The molecule has 0 amide bonds. The Bertz CT molecular complexity index is 1280. The van der Waals surface area contributed by atoms with Crippen LogP contribution >= 0.6 is 7.82 Å². The lowest BCUT2D eigenvalue weighted by Crippen LogP contribution is -2.14. The molecule has 0 spiro atoms. The fraction of sp³-hybridized carbons (Fsp3) is 0.143. The van der Waals surface area contributed by atoms with Crippen LogP contribution in [0.4, 0.5) is 0 Å². The Morgan fingerprint density at radius 3 is 1.41 bits per heavy atom. The summed E-state index contributed by atoms with van der Waals surface area (Å²) in [7, 11) is -7.45. The summed E-state index contributed by atoms with van der Waals surface area (Å²) < 4.78 is 52.0. The number of unbranched alkanes of at least 4 members (excludes halogenated alkanes) is 1. The average Bonchev–Trinajstić information content (AvgIpc) is 2.89.